The summed E-state index contributed by atoms with van der Waals surface area (Å²) >= 11 is 0. The first-order valence-electron chi connectivity index (χ1n) is 7.30. The van der Waals surface area contributed by atoms with E-state index in [0.717, 1.165) is 19.3 Å². The molecule has 118 valence electrons. The van der Waals surface area contributed by atoms with Gasteiger partial charge in [0, 0.05) is 18.2 Å². The molecule has 0 radical (unpaired) electrons. The first-order valence-corrected chi connectivity index (χ1v) is 9.19. The van der Waals surface area contributed by atoms with Gasteiger partial charge in [0.1, 0.15) is 12.1 Å². The molecule has 7 heteroatoms. The van der Waals surface area contributed by atoms with Gasteiger partial charge in [0.25, 0.3) is 0 Å². The molecule has 2 N–H and O–H groups in total. The fraction of sp³-hybridized carbons (Fsp3) is 0.467. The van der Waals surface area contributed by atoms with Crippen LogP contribution in [-0.2, 0) is 9.84 Å². The minimum atomic E-state index is -3.27. The highest BCUT2D eigenvalue weighted by molar-refractivity contribution is 7.90. The molecule has 1 heterocycles. The van der Waals surface area contributed by atoms with Gasteiger partial charge in [-0.05, 0) is 43.4 Å². The number of aliphatic hydroxyl groups is 1. The Kier molecular flexibility index (Phi) is 4.01. The van der Waals surface area contributed by atoms with Crippen LogP contribution in [0.15, 0.2) is 29.4 Å². The molecule has 1 aromatic carbocycles. The Morgan fingerprint density at radius 1 is 1.32 bits per heavy atom. The van der Waals surface area contributed by atoms with Gasteiger partial charge in [-0.25, -0.2) is 18.4 Å². The number of anilines is 1. The normalized spacial score (nSPS) is 22.1. The first kappa shape index (κ1) is 15.2. The Morgan fingerprint density at radius 3 is 2.82 bits per heavy atom. The highest BCUT2D eigenvalue weighted by Crippen LogP contribution is 2.27. The summed E-state index contributed by atoms with van der Waals surface area (Å²) < 4.78 is 23.4. The van der Waals surface area contributed by atoms with Crippen molar-refractivity contribution < 1.29 is 13.5 Å². The molecule has 1 aliphatic carbocycles. The molecule has 3 rings (SSSR count). The van der Waals surface area contributed by atoms with Gasteiger partial charge in [0.2, 0.25) is 0 Å². The zero-order valence-corrected chi connectivity index (χ0v) is 13.2. The molecule has 1 aromatic heterocycles. The van der Waals surface area contributed by atoms with Crippen LogP contribution in [-0.4, -0.2) is 42.4 Å². The smallest absolute Gasteiger partial charge is 0.175 e. The van der Waals surface area contributed by atoms with E-state index in [1.165, 1.54) is 12.6 Å². The Balaban J connectivity index is 1.88. The van der Waals surface area contributed by atoms with Crippen LogP contribution in [0.5, 0.6) is 0 Å². The van der Waals surface area contributed by atoms with Crippen molar-refractivity contribution in [2.45, 2.75) is 30.3 Å². The number of nitrogens with zero attached hydrogens (tertiary/aromatic N) is 2. The maximum Gasteiger partial charge on any atom is 0.175 e. The molecule has 0 amide bonds. The van der Waals surface area contributed by atoms with Crippen LogP contribution >= 0.6 is 0 Å². The molecular formula is C15H19N3O3S. The van der Waals surface area contributed by atoms with E-state index < -0.39 is 9.84 Å². The maximum atomic E-state index is 11.7. The lowest BCUT2D eigenvalue weighted by Gasteiger charge is -2.13. The molecule has 2 unspecified atom stereocenters. The zero-order valence-electron chi connectivity index (χ0n) is 12.4. The van der Waals surface area contributed by atoms with E-state index in [9.17, 15) is 13.5 Å². The highest BCUT2D eigenvalue weighted by atomic mass is 32.2. The molecule has 0 bridgehead atoms. The molecule has 2 aromatic rings. The average Bonchev–Trinajstić information content (AvgIpc) is 2.89. The van der Waals surface area contributed by atoms with Crippen molar-refractivity contribution in [2.75, 3.05) is 18.1 Å². The van der Waals surface area contributed by atoms with Crippen molar-refractivity contribution in [1.29, 1.82) is 0 Å². The summed E-state index contributed by atoms with van der Waals surface area (Å²) in [5.74, 6) is 1.05. The summed E-state index contributed by atoms with van der Waals surface area (Å²) in [5.41, 5.74) is 0.705. The van der Waals surface area contributed by atoms with Gasteiger partial charge in [0.15, 0.2) is 9.84 Å². The molecule has 0 saturated heterocycles. The molecular weight excluding hydrogens is 302 g/mol. The van der Waals surface area contributed by atoms with E-state index in [1.54, 1.807) is 18.2 Å². The second-order valence-corrected chi connectivity index (χ2v) is 7.90. The quantitative estimate of drug-likeness (QED) is 0.889. The van der Waals surface area contributed by atoms with Crippen molar-refractivity contribution in [3.63, 3.8) is 0 Å². The third-order valence-electron chi connectivity index (χ3n) is 4.11. The molecule has 0 aliphatic heterocycles. The third kappa shape index (κ3) is 3.20. The van der Waals surface area contributed by atoms with Crippen molar-refractivity contribution in [3.8, 4) is 0 Å². The van der Waals surface area contributed by atoms with Crippen molar-refractivity contribution in [2.24, 2.45) is 5.92 Å². The summed E-state index contributed by atoms with van der Waals surface area (Å²) in [6.07, 6.45) is 5.08. The highest BCUT2D eigenvalue weighted by Gasteiger charge is 2.22. The van der Waals surface area contributed by atoms with Gasteiger partial charge in [0.05, 0.1) is 16.5 Å². The Labute approximate surface area is 129 Å². The van der Waals surface area contributed by atoms with E-state index in [2.05, 4.69) is 15.3 Å². The lowest BCUT2D eigenvalue weighted by Crippen LogP contribution is -2.13. The molecule has 0 spiro atoms. The van der Waals surface area contributed by atoms with E-state index in [0.29, 0.717) is 29.2 Å². The standard InChI is InChI=1S/C15H19N3O3S/c1-22(20,21)12-4-5-14-13(7-12)15(18-9-17-14)16-8-10-2-3-11(19)6-10/h4-5,7,9-11,19H,2-3,6,8H2,1H3,(H,16,17,18). The summed E-state index contributed by atoms with van der Waals surface area (Å²) in [6.45, 7) is 0.715. The van der Waals surface area contributed by atoms with Gasteiger partial charge >= 0.3 is 0 Å². The van der Waals surface area contributed by atoms with Crippen LogP contribution in [0.3, 0.4) is 0 Å². The second kappa shape index (κ2) is 5.81. The number of fused-ring (bicyclic) bond motifs is 1. The predicted octanol–water partition coefficient (Wildman–Crippen LogP) is 1.61. The van der Waals surface area contributed by atoms with Crippen molar-refractivity contribution in [3.05, 3.63) is 24.5 Å². The van der Waals surface area contributed by atoms with E-state index in [-0.39, 0.29) is 11.0 Å². The second-order valence-electron chi connectivity index (χ2n) is 5.89. The van der Waals surface area contributed by atoms with Crippen LogP contribution in [0.25, 0.3) is 10.9 Å². The number of aliphatic hydroxyl groups excluding tert-OH is 1. The lowest BCUT2D eigenvalue weighted by molar-refractivity contribution is 0.178. The van der Waals surface area contributed by atoms with Gasteiger partial charge in [-0.2, -0.15) is 0 Å². The van der Waals surface area contributed by atoms with E-state index in [4.69, 9.17) is 0 Å². The molecule has 1 saturated carbocycles. The minimum Gasteiger partial charge on any atom is -0.393 e. The number of hydrogen-bond donors (Lipinski definition) is 2. The Hall–Kier alpha value is -1.73. The lowest BCUT2D eigenvalue weighted by atomic mass is 10.1. The fourth-order valence-electron chi connectivity index (χ4n) is 2.88. The minimum absolute atomic E-state index is 0.203. The van der Waals surface area contributed by atoms with Crippen molar-refractivity contribution >= 4 is 26.6 Å². The molecule has 6 nitrogen and oxygen atoms in total. The largest absolute Gasteiger partial charge is 0.393 e. The fourth-order valence-corrected chi connectivity index (χ4v) is 3.53. The molecule has 1 fully saturated rings. The predicted molar refractivity (Wildman–Crippen MR) is 84.5 cm³/mol. The van der Waals surface area contributed by atoms with Crippen molar-refractivity contribution in [1.82, 2.24) is 9.97 Å². The summed E-state index contributed by atoms with van der Waals surface area (Å²) in [4.78, 5) is 8.66. The van der Waals surface area contributed by atoms with E-state index >= 15 is 0 Å². The third-order valence-corrected chi connectivity index (χ3v) is 5.22. The topological polar surface area (TPSA) is 92.2 Å². The van der Waals surface area contributed by atoms with Gasteiger partial charge in [-0.15, -0.1) is 0 Å². The number of aromatic nitrogens is 2. The van der Waals surface area contributed by atoms with Crippen LogP contribution in [0, 0.1) is 5.92 Å². The number of rotatable bonds is 4. The maximum absolute atomic E-state index is 11.7. The van der Waals surface area contributed by atoms with E-state index in [1.807, 2.05) is 0 Å². The number of nitrogens with one attached hydrogen (secondary N) is 1. The van der Waals surface area contributed by atoms with Crippen LogP contribution < -0.4 is 5.32 Å². The number of hydrogen-bond acceptors (Lipinski definition) is 6. The SMILES string of the molecule is CS(=O)(=O)c1ccc2ncnc(NCC3CCC(O)C3)c2c1. The summed E-state index contributed by atoms with van der Waals surface area (Å²) in [6, 6.07) is 4.86. The van der Waals surface area contributed by atoms with Crippen LogP contribution in [0.1, 0.15) is 19.3 Å². The monoisotopic (exact) mass is 321 g/mol. The van der Waals surface area contributed by atoms with Crippen LogP contribution in [0.4, 0.5) is 5.82 Å². The Bertz CT molecular complexity index is 792. The van der Waals surface area contributed by atoms with Gasteiger partial charge < -0.3 is 10.4 Å². The molecule has 2 atom stereocenters. The average molecular weight is 321 g/mol. The Morgan fingerprint density at radius 2 is 2.14 bits per heavy atom. The van der Waals surface area contributed by atoms with Gasteiger partial charge in [-0.3, -0.25) is 0 Å². The summed E-state index contributed by atoms with van der Waals surface area (Å²) in [7, 11) is -3.27. The number of benzene rings is 1. The molecule has 1 aliphatic rings. The van der Waals surface area contributed by atoms with Gasteiger partial charge in [-0.1, -0.05) is 0 Å². The first-order chi connectivity index (χ1) is 10.4. The summed E-state index contributed by atoms with van der Waals surface area (Å²) in [5, 5.41) is 13.5. The molecule has 22 heavy (non-hydrogen) atoms. The van der Waals surface area contributed by atoms with Crippen LogP contribution in [0.2, 0.25) is 0 Å². The zero-order chi connectivity index (χ0) is 15.7. The number of sulfone groups is 1.